The largest absolute Gasteiger partial charge is 0.475 e. The molecule has 0 spiro atoms. The Bertz CT molecular complexity index is 485. The highest BCUT2D eigenvalue weighted by Gasteiger charge is 2.38. The number of methoxy groups -OCH3 is 1. The molecular formula is C12H15NO6S. The Hall–Kier alpha value is -1.35. The average Bonchev–Trinajstić information content (AvgIpc) is 2.47. The number of hydrogen-bond donors (Lipinski definition) is 3. The predicted octanol–water partition coefficient (Wildman–Crippen LogP) is -0.597. The van der Waals surface area contributed by atoms with Crippen LogP contribution in [0.15, 0.2) is 18.5 Å². The molecule has 0 saturated carbocycles. The van der Waals surface area contributed by atoms with Crippen molar-refractivity contribution in [3.8, 4) is 5.75 Å². The molecule has 1 fully saturated rings. The van der Waals surface area contributed by atoms with Crippen LogP contribution in [0.25, 0.3) is 0 Å². The fourth-order valence-electron chi connectivity index (χ4n) is 1.73. The fraction of sp³-hybridized carbons (Fsp3) is 0.500. The van der Waals surface area contributed by atoms with E-state index < -0.39 is 29.7 Å². The van der Waals surface area contributed by atoms with Crippen molar-refractivity contribution < 1.29 is 29.6 Å². The molecule has 0 aliphatic carbocycles. The third-order valence-electron chi connectivity index (χ3n) is 2.84. The molecule has 2 heterocycles. The van der Waals surface area contributed by atoms with Crippen molar-refractivity contribution in [3.63, 3.8) is 0 Å². The first-order valence-electron chi connectivity index (χ1n) is 5.88. The molecule has 0 unspecified atom stereocenters. The Balaban J connectivity index is 2.08. The molecule has 8 heteroatoms. The summed E-state index contributed by atoms with van der Waals surface area (Å²) in [6.07, 6.45) is -0.767. The Kier molecular flexibility index (Phi) is 4.81. The second-order valence-electron chi connectivity index (χ2n) is 4.27. The molecule has 1 aliphatic heterocycles. The SMILES string of the molecule is COC(=O)c1cncc(O[C@H]2SC[C@@H](O)[C@H](O)[C@H]2O)c1. The van der Waals surface area contributed by atoms with E-state index in [9.17, 15) is 20.1 Å². The van der Waals surface area contributed by atoms with Gasteiger partial charge in [0.15, 0.2) is 5.44 Å². The van der Waals surface area contributed by atoms with Crippen molar-refractivity contribution in [1.82, 2.24) is 4.98 Å². The topological polar surface area (TPSA) is 109 Å². The van der Waals surface area contributed by atoms with Gasteiger partial charge in [-0.25, -0.2) is 4.79 Å². The highest BCUT2D eigenvalue weighted by molar-refractivity contribution is 7.99. The van der Waals surface area contributed by atoms with Gasteiger partial charge in [-0.2, -0.15) is 0 Å². The van der Waals surface area contributed by atoms with Gasteiger partial charge in [0.1, 0.15) is 18.0 Å². The summed E-state index contributed by atoms with van der Waals surface area (Å²) >= 11 is 1.17. The maximum absolute atomic E-state index is 11.4. The number of esters is 1. The molecule has 1 aliphatic rings. The number of thioether (sulfide) groups is 1. The Morgan fingerprint density at radius 1 is 1.35 bits per heavy atom. The standard InChI is InChI=1S/C12H15NO6S/c1-18-11(17)6-2-7(4-13-3-6)19-12-10(16)9(15)8(14)5-20-12/h2-4,8-10,12,14-16H,5H2,1H3/t8-,9+,10-,12+/m1/s1. The zero-order valence-electron chi connectivity index (χ0n) is 10.7. The van der Waals surface area contributed by atoms with Gasteiger partial charge in [0.05, 0.1) is 25.0 Å². The summed E-state index contributed by atoms with van der Waals surface area (Å²) in [7, 11) is 1.26. The molecule has 2 rings (SSSR count). The number of pyridine rings is 1. The first-order chi connectivity index (χ1) is 9.52. The summed E-state index contributed by atoms with van der Waals surface area (Å²) in [5, 5.41) is 28.8. The maximum atomic E-state index is 11.4. The first-order valence-corrected chi connectivity index (χ1v) is 6.93. The molecule has 0 amide bonds. The highest BCUT2D eigenvalue weighted by Crippen LogP contribution is 2.29. The van der Waals surface area contributed by atoms with Gasteiger partial charge in [-0.05, 0) is 6.07 Å². The van der Waals surface area contributed by atoms with Gasteiger partial charge in [0, 0.05) is 11.9 Å². The number of nitrogens with zero attached hydrogens (tertiary/aromatic N) is 1. The molecule has 0 radical (unpaired) electrons. The molecule has 0 bridgehead atoms. The summed E-state index contributed by atoms with van der Waals surface area (Å²) in [6, 6.07) is 1.43. The monoisotopic (exact) mass is 301 g/mol. The summed E-state index contributed by atoms with van der Waals surface area (Å²) in [4.78, 5) is 15.2. The van der Waals surface area contributed by atoms with E-state index in [1.165, 1.54) is 37.3 Å². The lowest BCUT2D eigenvalue weighted by molar-refractivity contribution is -0.0786. The van der Waals surface area contributed by atoms with Crippen LogP contribution in [0.2, 0.25) is 0 Å². The predicted molar refractivity (Wildman–Crippen MR) is 70.5 cm³/mol. The second-order valence-corrected chi connectivity index (χ2v) is 5.40. The summed E-state index contributed by atoms with van der Waals surface area (Å²) in [6.45, 7) is 0. The van der Waals surface area contributed by atoms with E-state index >= 15 is 0 Å². The van der Waals surface area contributed by atoms with Crippen LogP contribution in [-0.4, -0.2) is 62.9 Å². The summed E-state index contributed by atoms with van der Waals surface area (Å²) in [5.41, 5.74) is -0.524. The van der Waals surface area contributed by atoms with Gasteiger partial charge in [-0.15, -0.1) is 11.8 Å². The quantitative estimate of drug-likeness (QED) is 0.635. The van der Waals surface area contributed by atoms with Crippen LogP contribution in [0, 0.1) is 0 Å². The number of carbonyl (C=O) groups is 1. The van der Waals surface area contributed by atoms with Gasteiger partial charge in [0.25, 0.3) is 0 Å². The zero-order valence-corrected chi connectivity index (χ0v) is 11.5. The molecule has 4 atom stereocenters. The van der Waals surface area contributed by atoms with E-state index in [0.29, 0.717) is 0 Å². The van der Waals surface area contributed by atoms with Gasteiger partial charge in [-0.3, -0.25) is 4.98 Å². The number of carbonyl (C=O) groups excluding carboxylic acids is 1. The molecule has 1 aromatic heterocycles. The van der Waals surface area contributed by atoms with E-state index in [-0.39, 0.29) is 17.1 Å². The molecule has 1 saturated heterocycles. The maximum Gasteiger partial charge on any atom is 0.339 e. The summed E-state index contributed by atoms with van der Waals surface area (Å²) in [5.74, 6) is -0.0317. The number of ether oxygens (including phenoxy) is 2. The van der Waals surface area contributed by atoms with Crippen LogP contribution >= 0.6 is 11.8 Å². The zero-order chi connectivity index (χ0) is 14.7. The Labute approximate surface area is 119 Å². The van der Waals surface area contributed by atoms with Crippen molar-refractivity contribution in [3.05, 3.63) is 24.0 Å². The van der Waals surface area contributed by atoms with Crippen LogP contribution in [0.5, 0.6) is 5.75 Å². The number of hydrogen-bond acceptors (Lipinski definition) is 8. The lowest BCUT2D eigenvalue weighted by atomic mass is 10.1. The molecule has 110 valence electrons. The van der Waals surface area contributed by atoms with Gasteiger partial charge >= 0.3 is 5.97 Å². The van der Waals surface area contributed by atoms with Crippen LogP contribution in [0.3, 0.4) is 0 Å². The minimum Gasteiger partial charge on any atom is -0.475 e. The lowest BCUT2D eigenvalue weighted by Crippen LogP contribution is -2.50. The van der Waals surface area contributed by atoms with Crippen molar-refractivity contribution in [2.24, 2.45) is 0 Å². The molecular weight excluding hydrogens is 286 g/mol. The van der Waals surface area contributed by atoms with Crippen molar-refractivity contribution in [2.75, 3.05) is 12.9 Å². The van der Waals surface area contributed by atoms with Crippen molar-refractivity contribution in [2.45, 2.75) is 23.7 Å². The Morgan fingerprint density at radius 3 is 2.80 bits per heavy atom. The molecule has 7 nitrogen and oxygen atoms in total. The smallest absolute Gasteiger partial charge is 0.339 e. The summed E-state index contributed by atoms with van der Waals surface area (Å²) < 4.78 is 10.1. The average molecular weight is 301 g/mol. The van der Waals surface area contributed by atoms with E-state index in [1.807, 2.05) is 0 Å². The van der Waals surface area contributed by atoms with E-state index in [4.69, 9.17) is 4.74 Å². The van der Waals surface area contributed by atoms with Gasteiger partial charge in [0.2, 0.25) is 0 Å². The molecule has 3 N–H and O–H groups in total. The van der Waals surface area contributed by atoms with Gasteiger partial charge < -0.3 is 24.8 Å². The van der Waals surface area contributed by atoms with E-state index in [1.54, 1.807) is 0 Å². The van der Waals surface area contributed by atoms with E-state index in [2.05, 4.69) is 9.72 Å². The third kappa shape index (κ3) is 3.21. The van der Waals surface area contributed by atoms with Crippen molar-refractivity contribution >= 4 is 17.7 Å². The molecule has 0 aromatic carbocycles. The van der Waals surface area contributed by atoms with Crippen LogP contribution in [0.1, 0.15) is 10.4 Å². The fourth-order valence-corrected chi connectivity index (χ4v) is 2.85. The second kappa shape index (κ2) is 6.40. The highest BCUT2D eigenvalue weighted by atomic mass is 32.2. The normalized spacial score (nSPS) is 29.8. The number of aliphatic hydroxyl groups is 3. The third-order valence-corrected chi connectivity index (χ3v) is 4.08. The number of rotatable bonds is 3. The number of aromatic nitrogens is 1. The minimum absolute atomic E-state index is 0.223. The minimum atomic E-state index is -1.27. The molecule has 20 heavy (non-hydrogen) atoms. The lowest BCUT2D eigenvalue weighted by Gasteiger charge is -2.34. The van der Waals surface area contributed by atoms with Crippen LogP contribution in [-0.2, 0) is 4.74 Å². The van der Waals surface area contributed by atoms with Crippen LogP contribution in [0.4, 0.5) is 0 Å². The van der Waals surface area contributed by atoms with Crippen LogP contribution < -0.4 is 4.74 Å². The number of aliphatic hydroxyl groups excluding tert-OH is 3. The van der Waals surface area contributed by atoms with E-state index in [0.717, 1.165) is 0 Å². The Morgan fingerprint density at radius 2 is 2.10 bits per heavy atom. The molecule has 1 aromatic rings. The van der Waals surface area contributed by atoms with Gasteiger partial charge in [-0.1, -0.05) is 0 Å². The van der Waals surface area contributed by atoms with Crippen molar-refractivity contribution in [1.29, 1.82) is 0 Å². The first kappa shape index (κ1) is 15.0.